The molecule has 70 valence electrons. The Balaban J connectivity index is 2.37. The van der Waals surface area contributed by atoms with E-state index in [2.05, 4.69) is 27.9 Å². The van der Waals surface area contributed by atoms with E-state index >= 15 is 0 Å². The molecule has 0 spiro atoms. The molecule has 2 nitrogen and oxygen atoms in total. The van der Waals surface area contributed by atoms with E-state index in [1.54, 1.807) is 0 Å². The molecule has 1 aromatic rings. The summed E-state index contributed by atoms with van der Waals surface area (Å²) in [5.74, 6) is 0. The fourth-order valence-corrected chi connectivity index (χ4v) is 1.23. The van der Waals surface area contributed by atoms with Crippen molar-refractivity contribution in [2.45, 2.75) is 0 Å². The molecule has 1 N–H and O–H groups in total. The van der Waals surface area contributed by atoms with E-state index in [1.165, 1.54) is 0 Å². The quantitative estimate of drug-likeness (QED) is 0.527. The highest BCUT2D eigenvalue weighted by atomic mass is 127. The maximum Gasteiger partial charge on any atom is 0.261 e. The third kappa shape index (κ3) is 4.42. The minimum Gasteiger partial charge on any atom is -0.470 e. The van der Waals surface area contributed by atoms with Crippen molar-refractivity contribution >= 4 is 45.7 Å². The maximum atomic E-state index is 5.21. The lowest BCUT2D eigenvalue weighted by atomic mass is 10.3. The summed E-state index contributed by atoms with van der Waals surface area (Å²) in [7, 11) is 0. The first-order valence-corrected chi connectivity index (χ1v) is 5.81. The van der Waals surface area contributed by atoms with Gasteiger partial charge in [-0.05, 0) is 24.4 Å². The fraction of sp³-hybridized carbons (Fsp3) is 0.222. The molecule has 0 aromatic heterocycles. The number of para-hydroxylation sites is 1. The number of hydrogen-bond donors (Lipinski definition) is 1. The van der Waals surface area contributed by atoms with Gasteiger partial charge in [0.2, 0.25) is 0 Å². The van der Waals surface area contributed by atoms with Crippen LogP contribution >= 0.6 is 34.8 Å². The molecule has 0 bridgehead atoms. The Morgan fingerprint density at radius 2 is 2.08 bits per heavy atom. The van der Waals surface area contributed by atoms with E-state index in [0.717, 1.165) is 10.1 Å². The molecule has 0 aliphatic carbocycles. The van der Waals surface area contributed by atoms with Crippen LogP contribution in [0.4, 0.5) is 5.69 Å². The van der Waals surface area contributed by atoms with Gasteiger partial charge in [-0.25, -0.2) is 0 Å². The second-order valence-corrected chi connectivity index (χ2v) is 3.77. The zero-order chi connectivity index (χ0) is 9.52. The first kappa shape index (κ1) is 10.7. The Labute approximate surface area is 96.8 Å². The summed E-state index contributed by atoms with van der Waals surface area (Å²) in [5.41, 5.74) is 0.959. The predicted molar refractivity (Wildman–Crippen MR) is 67.5 cm³/mol. The molecule has 0 atom stereocenters. The van der Waals surface area contributed by atoms with Crippen LogP contribution < -0.4 is 5.32 Å². The van der Waals surface area contributed by atoms with Crippen molar-refractivity contribution in [3.8, 4) is 0 Å². The summed E-state index contributed by atoms with van der Waals surface area (Å²) in [4.78, 5) is 0. The van der Waals surface area contributed by atoms with Crippen LogP contribution in [0.1, 0.15) is 0 Å². The zero-order valence-corrected chi connectivity index (χ0v) is 9.97. The number of benzene rings is 1. The number of anilines is 1. The number of thiocarbonyl (C=S) groups is 1. The van der Waals surface area contributed by atoms with Gasteiger partial charge >= 0.3 is 0 Å². The molecular weight excluding hydrogens is 297 g/mol. The van der Waals surface area contributed by atoms with E-state index in [9.17, 15) is 0 Å². The number of rotatable bonds is 3. The SMILES string of the molecule is S=C(Nc1ccccc1)OCCI. The Bertz CT molecular complexity index is 266. The van der Waals surface area contributed by atoms with Gasteiger partial charge in [-0.1, -0.05) is 40.8 Å². The molecule has 0 heterocycles. The highest BCUT2D eigenvalue weighted by molar-refractivity contribution is 14.1. The number of alkyl halides is 1. The Kier molecular flexibility index (Phi) is 5.07. The van der Waals surface area contributed by atoms with Gasteiger partial charge in [0, 0.05) is 10.1 Å². The van der Waals surface area contributed by atoms with E-state index in [-0.39, 0.29) is 0 Å². The van der Waals surface area contributed by atoms with Crippen molar-refractivity contribution in [2.24, 2.45) is 0 Å². The third-order valence-corrected chi connectivity index (χ3v) is 1.99. The first-order valence-electron chi connectivity index (χ1n) is 3.87. The first-order chi connectivity index (χ1) is 6.33. The van der Waals surface area contributed by atoms with E-state index in [1.807, 2.05) is 30.3 Å². The summed E-state index contributed by atoms with van der Waals surface area (Å²) in [6.45, 7) is 0.652. The molecule has 1 rings (SSSR count). The Morgan fingerprint density at radius 3 is 2.69 bits per heavy atom. The molecule has 0 amide bonds. The highest BCUT2D eigenvalue weighted by Crippen LogP contribution is 2.05. The van der Waals surface area contributed by atoms with Crippen LogP contribution in [0.25, 0.3) is 0 Å². The summed E-state index contributed by atoms with van der Waals surface area (Å²) in [5, 5.41) is 3.42. The van der Waals surface area contributed by atoms with Crippen molar-refractivity contribution in [1.29, 1.82) is 0 Å². The van der Waals surface area contributed by atoms with Gasteiger partial charge < -0.3 is 10.1 Å². The molecular formula is C9H10INOS. The largest absolute Gasteiger partial charge is 0.470 e. The Morgan fingerprint density at radius 1 is 1.38 bits per heavy atom. The van der Waals surface area contributed by atoms with Crippen LogP contribution in [-0.4, -0.2) is 16.2 Å². The molecule has 0 unspecified atom stereocenters. The lowest BCUT2D eigenvalue weighted by Gasteiger charge is -2.07. The van der Waals surface area contributed by atoms with Crippen molar-refractivity contribution < 1.29 is 4.74 Å². The standard InChI is InChI=1S/C9H10INOS/c10-6-7-12-9(13)11-8-4-2-1-3-5-8/h1-5H,6-7H2,(H,11,13). The average molecular weight is 307 g/mol. The van der Waals surface area contributed by atoms with Crippen molar-refractivity contribution in [2.75, 3.05) is 16.4 Å². The number of ether oxygens (including phenoxy) is 1. The minimum atomic E-state index is 0.433. The Hall–Kier alpha value is -0.360. The van der Waals surface area contributed by atoms with E-state index < -0.39 is 0 Å². The zero-order valence-electron chi connectivity index (χ0n) is 7.00. The number of halogens is 1. The molecule has 1 aromatic carbocycles. The third-order valence-electron chi connectivity index (χ3n) is 1.33. The molecule has 0 radical (unpaired) electrons. The normalized spacial score (nSPS) is 9.31. The molecule has 0 aliphatic rings. The van der Waals surface area contributed by atoms with Crippen LogP contribution in [0.3, 0.4) is 0 Å². The average Bonchev–Trinajstić information content (AvgIpc) is 2.16. The number of hydrogen-bond acceptors (Lipinski definition) is 2. The van der Waals surface area contributed by atoms with Gasteiger partial charge in [0.05, 0.1) is 6.61 Å². The summed E-state index contributed by atoms with van der Waals surface area (Å²) >= 11 is 7.20. The van der Waals surface area contributed by atoms with Crippen LogP contribution in [-0.2, 0) is 4.74 Å². The van der Waals surface area contributed by atoms with Crippen molar-refractivity contribution in [3.63, 3.8) is 0 Å². The van der Waals surface area contributed by atoms with Crippen molar-refractivity contribution in [3.05, 3.63) is 30.3 Å². The maximum absolute atomic E-state index is 5.21. The molecule has 0 saturated heterocycles. The predicted octanol–water partition coefficient (Wildman–Crippen LogP) is 2.84. The van der Waals surface area contributed by atoms with E-state index in [4.69, 9.17) is 17.0 Å². The summed E-state index contributed by atoms with van der Waals surface area (Å²) < 4.78 is 6.15. The molecule has 4 heteroatoms. The fourth-order valence-electron chi connectivity index (χ4n) is 0.807. The van der Waals surface area contributed by atoms with E-state index in [0.29, 0.717) is 11.8 Å². The second kappa shape index (κ2) is 6.15. The molecule has 0 aliphatic heterocycles. The van der Waals surface area contributed by atoms with Crippen LogP contribution in [0.15, 0.2) is 30.3 Å². The van der Waals surface area contributed by atoms with Gasteiger partial charge in [-0.2, -0.15) is 0 Å². The topological polar surface area (TPSA) is 21.3 Å². The van der Waals surface area contributed by atoms with Gasteiger partial charge in [0.25, 0.3) is 5.17 Å². The molecule has 0 saturated carbocycles. The smallest absolute Gasteiger partial charge is 0.261 e. The lowest BCUT2D eigenvalue weighted by Crippen LogP contribution is -2.14. The van der Waals surface area contributed by atoms with Crippen LogP contribution in [0, 0.1) is 0 Å². The van der Waals surface area contributed by atoms with Crippen LogP contribution in [0.2, 0.25) is 0 Å². The second-order valence-electron chi connectivity index (χ2n) is 2.32. The molecule has 13 heavy (non-hydrogen) atoms. The van der Waals surface area contributed by atoms with Gasteiger partial charge in [0.15, 0.2) is 0 Å². The highest BCUT2D eigenvalue weighted by Gasteiger charge is 1.95. The lowest BCUT2D eigenvalue weighted by molar-refractivity contribution is 0.342. The summed E-state index contributed by atoms with van der Waals surface area (Å²) in [6, 6.07) is 9.74. The van der Waals surface area contributed by atoms with Gasteiger partial charge in [-0.15, -0.1) is 0 Å². The van der Waals surface area contributed by atoms with Gasteiger partial charge in [-0.3, -0.25) is 0 Å². The molecule has 0 fully saturated rings. The van der Waals surface area contributed by atoms with Gasteiger partial charge in [0.1, 0.15) is 0 Å². The number of nitrogens with one attached hydrogen (secondary N) is 1. The monoisotopic (exact) mass is 307 g/mol. The minimum absolute atomic E-state index is 0.433. The van der Waals surface area contributed by atoms with Crippen molar-refractivity contribution in [1.82, 2.24) is 0 Å². The summed E-state index contributed by atoms with van der Waals surface area (Å²) in [6.07, 6.45) is 0. The van der Waals surface area contributed by atoms with Crippen LogP contribution in [0.5, 0.6) is 0 Å².